The molecule has 1 saturated heterocycles. The normalized spacial score (nSPS) is 20.1. The molecule has 1 atom stereocenters. The van der Waals surface area contributed by atoms with Crippen LogP contribution in [0.1, 0.15) is 25.7 Å². The van der Waals surface area contributed by atoms with Crippen molar-refractivity contribution in [3.63, 3.8) is 0 Å². The molecule has 1 aliphatic rings. The van der Waals surface area contributed by atoms with Crippen LogP contribution in [0, 0.1) is 0 Å². The first-order chi connectivity index (χ1) is 9.33. The third-order valence-corrected chi connectivity index (χ3v) is 3.39. The molecule has 1 fully saturated rings. The van der Waals surface area contributed by atoms with E-state index in [1.54, 1.807) is 12.1 Å². The van der Waals surface area contributed by atoms with E-state index in [-0.39, 0.29) is 11.7 Å². The summed E-state index contributed by atoms with van der Waals surface area (Å²) in [5, 5.41) is 3.90. The molecule has 19 heavy (non-hydrogen) atoms. The van der Waals surface area contributed by atoms with Gasteiger partial charge in [0.05, 0.1) is 11.5 Å². The highest BCUT2D eigenvalue weighted by Crippen LogP contribution is 2.19. The lowest BCUT2D eigenvalue weighted by molar-refractivity contribution is 0.124. The number of ether oxygens (including phenoxy) is 1. The van der Waals surface area contributed by atoms with Crippen molar-refractivity contribution in [3.05, 3.63) is 40.6 Å². The van der Waals surface area contributed by atoms with E-state index in [1.165, 1.54) is 18.9 Å². The zero-order valence-electron chi connectivity index (χ0n) is 10.7. The lowest BCUT2D eigenvalue weighted by Gasteiger charge is -2.16. The molecule has 1 aromatic heterocycles. The van der Waals surface area contributed by atoms with Crippen molar-refractivity contribution in [2.24, 2.45) is 0 Å². The van der Waals surface area contributed by atoms with Crippen molar-refractivity contribution in [2.45, 2.75) is 31.9 Å². The van der Waals surface area contributed by atoms with Crippen LogP contribution in [0.15, 0.2) is 39.5 Å². The second kappa shape index (κ2) is 5.45. The van der Waals surface area contributed by atoms with Crippen LogP contribution in [-0.2, 0) is 0 Å². The molecule has 0 radical (unpaired) electrons. The molecule has 3 rings (SSSR count). The molecule has 2 aromatic rings. The van der Waals surface area contributed by atoms with Crippen molar-refractivity contribution in [3.8, 4) is 5.95 Å². The van der Waals surface area contributed by atoms with Crippen molar-refractivity contribution < 1.29 is 9.15 Å². The first kappa shape index (κ1) is 12.2. The second-order valence-corrected chi connectivity index (χ2v) is 4.84. The molecular formula is C15H17NO3. The van der Waals surface area contributed by atoms with Crippen LogP contribution in [-0.4, -0.2) is 12.8 Å². The first-order valence-electron chi connectivity index (χ1n) is 6.76. The molecule has 2 heterocycles. The summed E-state index contributed by atoms with van der Waals surface area (Å²) in [5.74, 6) is 0.295. The Hall–Kier alpha value is -1.81. The summed E-state index contributed by atoms with van der Waals surface area (Å²) in [6, 6.07) is 8.64. The molecule has 4 nitrogen and oxygen atoms in total. The minimum Gasteiger partial charge on any atom is -0.446 e. The van der Waals surface area contributed by atoms with Crippen LogP contribution in [0.25, 0.3) is 11.0 Å². The summed E-state index contributed by atoms with van der Waals surface area (Å²) in [7, 11) is 0. The maximum atomic E-state index is 11.9. The number of nitrogens with one attached hydrogen (secondary N) is 1. The molecule has 1 aliphatic heterocycles. The number of para-hydroxylation sites is 1. The van der Waals surface area contributed by atoms with Gasteiger partial charge in [0.15, 0.2) is 11.7 Å². The molecule has 1 aromatic carbocycles. The lowest BCUT2D eigenvalue weighted by atomic mass is 10.2. The van der Waals surface area contributed by atoms with Crippen LogP contribution in [0.2, 0.25) is 0 Å². The molecule has 0 bridgehead atoms. The Labute approximate surface area is 111 Å². The molecule has 0 saturated carbocycles. The molecule has 100 valence electrons. The summed E-state index contributed by atoms with van der Waals surface area (Å²) in [5.41, 5.74) is 0.504. The summed E-state index contributed by atoms with van der Waals surface area (Å²) < 4.78 is 11.4. The predicted octanol–water partition coefficient (Wildman–Crippen LogP) is 2.66. The first-order valence-corrected chi connectivity index (χ1v) is 6.76. The van der Waals surface area contributed by atoms with Crippen LogP contribution < -0.4 is 15.5 Å². The molecule has 1 unspecified atom stereocenters. The number of benzene rings is 1. The van der Waals surface area contributed by atoms with E-state index in [1.807, 2.05) is 12.1 Å². The Bertz CT molecular complexity index is 612. The van der Waals surface area contributed by atoms with Gasteiger partial charge in [0.2, 0.25) is 0 Å². The van der Waals surface area contributed by atoms with Gasteiger partial charge in [0, 0.05) is 0 Å². The molecular weight excluding hydrogens is 242 g/mol. The van der Waals surface area contributed by atoms with Crippen LogP contribution >= 0.6 is 0 Å². The SMILES string of the molecule is O=c1cc(OC2CCCCCN2)oc2ccccc12. The topological polar surface area (TPSA) is 51.5 Å². The molecule has 0 aliphatic carbocycles. The number of hydrogen-bond donors (Lipinski definition) is 1. The summed E-state index contributed by atoms with van der Waals surface area (Å²) in [4.78, 5) is 11.9. The van der Waals surface area contributed by atoms with Crippen LogP contribution in [0.3, 0.4) is 0 Å². The van der Waals surface area contributed by atoms with Crippen molar-refractivity contribution >= 4 is 11.0 Å². The minimum atomic E-state index is -0.0644. The Morgan fingerprint density at radius 2 is 2.11 bits per heavy atom. The van der Waals surface area contributed by atoms with Gasteiger partial charge in [-0.05, 0) is 37.9 Å². The highest BCUT2D eigenvalue weighted by molar-refractivity contribution is 5.76. The van der Waals surface area contributed by atoms with E-state index in [0.29, 0.717) is 16.9 Å². The van der Waals surface area contributed by atoms with Crippen molar-refractivity contribution in [1.29, 1.82) is 0 Å². The quantitative estimate of drug-likeness (QED) is 0.900. The third kappa shape index (κ3) is 2.79. The van der Waals surface area contributed by atoms with Gasteiger partial charge in [0.1, 0.15) is 5.58 Å². The fourth-order valence-electron chi connectivity index (χ4n) is 2.38. The van der Waals surface area contributed by atoms with Gasteiger partial charge in [-0.1, -0.05) is 18.6 Å². The Morgan fingerprint density at radius 1 is 1.21 bits per heavy atom. The van der Waals surface area contributed by atoms with E-state index in [4.69, 9.17) is 9.15 Å². The van der Waals surface area contributed by atoms with E-state index in [0.717, 1.165) is 19.4 Å². The highest BCUT2D eigenvalue weighted by Gasteiger charge is 2.14. The van der Waals surface area contributed by atoms with Gasteiger partial charge in [-0.15, -0.1) is 0 Å². The standard InChI is InChI=1S/C15H17NO3/c17-12-10-15(18-13-7-4-3-6-11(12)13)19-14-8-2-1-5-9-16-14/h3-4,6-7,10,14,16H,1-2,5,8-9H2. The van der Waals surface area contributed by atoms with Crippen LogP contribution in [0.5, 0.6) is 5.95 Å². The van der Waals surface area contributed by atoms with Crippen molar-refractivity contribution in [2.75, 3.05) is 6.54 Å². The molecule has 1 N–H and O–H groups in total. The fraction of sp³-hybridized carbons (Fsp3) is 0.400. The average Bonchev–Trinajstić information content (AvgIpc) is 2.67. The summed E-state index contributed by atoms with van der Waals surface area (Å²) in [6.07, 6.45) is 4.40. The van der Waals surface area contributed by atoms with E-state index < -0.39 is 0 Å². The number of fused-ring (bicyclic) bond motifs is 1. The Kier molecular flexibility index (Phi) is 3.51. The smallest absolute Gasteiger partial charge is 0.290 e. The van der Waals surface area contributed by atoms with E-state index >= 15 is 0 Å². The molecule has 4 heteroatoms. The second-order valence-electron chi connectivity index (χ2n) is 4.84. The lowest BCUT2D eigenvalue weighted by Crippen LogP contribution is -2.33. The highest BCUT2D eigenvalue weighted by atomic mass is 16.6. The van der Waals surface area contributed by atoms with E-state index in [2.05, 4.69) is 5.32 Å². The number of rotatable bonds is 2. The predicted molar refractivity (Wildman–Crippen MR) is 73.4 cm³/mol. The summed E-state index contributed by atoms with van der Waals surface area (Å²) >= 11 is 0. The van der Waals surface area contributed by atoms with Gasteiger partial charge >= 0.3 is 0 Å². The van der Waals surface area contributed by atoms with Crippen molar-refractivity contribution in [1.82, 2.24) is 5.32 Å². The number of hydrogen-bond acceptors (Lipinski definition) is 4. The zero-order valence-corrected chi connectivity index (χ0v) is 10.7. The summed E-state index contributed by atoms with van der Waals surface area (Å²) in [6.45, 7) is 0.947. The van der Waals surface area contributed by atoms with Gasteiger partial charge < -0.3 is 9.15 Å². The Morgan fingerprint density at radius 3 is 3.05 bits per heavy atom. The van der Waals surface area contributed by atoms with E-state index in [9.17, 15) is 4.79 Å². The maximum absolute atomic E-state index is 11.9. The van der Waals surface area contributed by atoms with Crippen LogP contribution in [0.4, 0.5) is 0 Å². The Balaban J connectivity index is 1.86. The van der Waals surface area contributed by atoms with Gasteiger partial charge in [0.25, 0.3) is 5.95 Å². The fourth-order valence-corrected chi connectivity index (χ4v) is 2.38. The van der Waals surface area contributed by atoms with Gasteiger partial charge in [-0.3, -0.25) is 10.1 Å². The maximum Gasteiger partial charge on any atom is 0.290 e. The monoisotopic (exact) mass is 259 g/mol. The third-order valence-electron chi connectivity index (χ3n) is 3.39. The largest absolute Gasteiger partial charge is 0.446 e. The zero-order chi connectivity index (χ0) is 13.1. The molecule has 0 amide bonds. The average molecular weight is 259 g/mol. The van der Waals surface area contributed by atoms with Gasteiger partial charge in [-0.2, -0.15) is 0 Å². The van der Waals surface area contributed by atoms with Gasteiger partial charge in [-0.25, -0.2) is 0 Å². The minimum absolute atomic E-state index is 0.0631. The molecule has 0 spiro atoms.